The van der Waals surface area contributed by atoms with Crippen LogP contribution in [0.2, 0.25) is 0 Å². The van der Waals surface area contributed by atoms with E-state index < -0.39 is 0 Å². The molecule has 3 aromatic rings. The summed E-state index contributed by atoms with van der Waals surface area (Å²) in [7, 11) is 2.16. The van der Waals surface area contributed by atoms with Crippen LogP contribution < -0.4 is 15.6 Å². The molecule has 22 heavy (non-hydrogen) atoms. The molecule has 5 rings (SSSR count). The molecule has 0 spiro atoms. The van der Waals surface area contributed by atoms with E-state index in [9.17, 15) is 0 Å². The van der Waals surface area contributed by atoms with E-state index >= 15 is 0 Å². The first kappa shape index (κ1) is 12.3. The topological polar surface area (TPSA) is 8.81 Å². The molecule has 0 fully saturated rings. The first-order valence-corrected chi connectivity index (χ1v) is 7.99. The normalized spacial score (nSPS) is 14.4. The van der Waals surface area contributed by atoms with Crippen LogP contribution in [0.15, 0.2) is 48.7 Å². The van der Waals surface area contributed by atoms with Gasteiger partial charge in [-0.05, 0) is 41.0 Å². The van der Waals surface area contributed by atoms with Gasteiger partial charge in [-0.2, -0.15) is 4.59 Å². The lowest BCUT2D eigenvalue weighted by Crippen LogP contribution is -2.65. The third-order valence-corrected chi connectivity index (χ3v) is 5.36. The van der Waals surface area contributed by atoms with Crippen molar-refractivity contribution >= 4 is 17.8 Å². The molecule has 0 amide bonds. The lowest BCUT2D eigenvalue weighted by Gasteiger charge is -2.32. The van der Waals surface area contributed by atoms with Gasteiger partial charge in [0.25, 0.3) is 0 Å². The van der Waals surface area contributed by atoms with Crippen LogP contribution in [-0.4, -0.2) is 11.4 Å². The van der Waals surface area contributed by atoms with Crippen LogP contribution in [-0.2, 0) is 19.9 Å². The smallest absolute Gasteiger partial charge is 0.199 e. The molecule has 3 heterocycles. The molecule has 2 aliphatic heterocycles. The van der Waals surface area contributed by atoms with Gasteiger partial charge in [-0.25, -0.2) is 0 Å². The lowest BCUT2D eigenvalue weighted by atomic mass is 9.42. The van der Waals surface area contributed by atoms with Gasteiger partial charge in [0, 0.05) is 12.5 Å². The molecular formula is C19H18BN2+. The van der Waals surface area contributed by atoms with Crippen LogP contribution in [0.3, 0.4) is 0 Å². The Morgan fingerprint density at radius 1 is 0.909 bits per heavy atom. The first-order valence-electron chi connectivity index (χ1n) is 7.99. The van der Waals surface area contributed by atoms with Gasteiger partial charge in [-0.3, -0.25) is 0 Å². The summed E-state index contributed by atoms with van der Waals surface area (Å²) < 4.78 is 4.73. The second-order valence-electron chi connectivity index (χ2n) is 6.62. The van der Waals surface area contributed by atoms with Gasteiger partial charge in [0.1, 0.15) is 0 Å². The summed E-state index contributed by atoms with van der Waals surface area (Å²) in [4.78, 5) is 0. The monoisotopic (exact) mass is 285 g/mol. The second-order valence-corrected chi connectivity index (χ2v) is 6.62. The van der Waals surface area contributed by atoms with Gasteiger partial charge in [0.05, 0.1) is 5.69 Å². The number of aryl methyl sites for hydroxylation is 2. The van der Waals surface area contributed by atoms with Crippen molar-refractivity contribution in [3.8, 4) is 0 Å². The third kappa shape index (κ3) is 1.44. The number of rotatable bonds is 0. The van der Waals surface area contributed by atoms with Crippen LogP contribution in [0.5, 0.6) is 0 Å². The van der Waals surface area contributed by atoms with Crippen molar-refractivity contribution in [2.45, 2.75) is 19.8 Å². The quantitative estimate of drug-likeness (QED) is 0.297. The van der Waals surface area contributed by atoms with Crippen molar-refractivity contribution in [3.63, 3.8) is 0 Å². The Balaban J connectivity index is 1.91. The molecule has 0 saturated carbocycles. The first-order chi connectivity index (χ1) is 10.7. The van der Waals surface area contributed by atoms with Crippen LogP contribution in [0.4, 0.5) is 0 Å². The zero-order chi connectivity index (χ0) is 14.8. The molecule has 2 aromatic carbocycles. The fourth-order valence-electron chi connectivity index (χ4n) is 4.43. The number of hydrogen-bond acceptors (Lipinski definition) is 0. The number of hydrogen-bond donors (Lipinski definition) is 0. The summed E-state index contributed by atoms with van der Waals surface area (Å²) in [6.07, 6.45) is 4.30. The standard InChI is InChI=1S/C19H18BN2/c1-13-5-3-6-14-11-15-7-4-8-16-12-17-9-10-21(2)22(17)20(18(13)14)19(15)16/h3-10H,11-12H2,1-2H3/q+1. The Labute approximate surface area is 131 Å². The number of benzene rings is 2. The molecule has 0 atom stereocenters. The average Bonchev–Trinajstić information content (AvgIpc) is 2.88. The van der Waals surface area contributed by atoms with Crippen molar-refractivity contribution in [1.29, 1.82) is 0 Å². The molecular weight excluding hydrogens is 267 g/mol. The van der Waals surface area contributed by atoms with Crippen molar-refractivity contribution in [2.75, 3.05) is 0 Å². The van der Waals surface area contributed by atoms with Gasteiger partial charge in [0.15, 0.2) is 13.2 Å². The van der Waals surface area contributed by atoms with Crippen LogP contribution in [0.25, 0.3) is 0 Å². The Kier molecular flexibility index (Phi) is 2.30. The second kappa shape index (κ2) is 4.13. The van der Waals surface area contributed by atoms with Crippen molar-refractivity contribution in [2.24, 2.45) is 7.05 Å². The van der Waals surface area contributed by atoms with Crippen LogP contribution in [0, 0.1) is 6.92 Å². The third-order valence-electron chi connectivity index (χ3n) is 5.36. The summed E-state index contributed by atoms with van der Waals surface area (Å²) >= 11 is 0. The maximum Gasteiger partial charge on any atom is 0.402 e. The number of nitrogens with zero attached hydrogens (tertiary/aromatic N) is 2. The number of aromatic nitrogens is 2. The van der Waals surface area contributed by atoms with E-state index in [-0.39, 0.29) is 0 Å². The van der Waals surface area contributed by atoms with Gasteiger partial charge < -0.3 is 0 Å². The predicted molar refractivity (Wildman–Crippen MR) is 89.3 cm³/mol. The minimum Gasteiger partial charge on any atom is -0.199 e. The van der Waals surface area contributed by atoms with E-state index in [0.717, 1.165) is 12.8 Å². The molecule has 106 valence electrons. The summed E-state index contributed by atoms with van der Waals surface area (Å²) in [5.41, 5.74) is 10.4. The fourth-order valence-corrected chi connectivity index (χ4v) is 4.43. The largest absolute Gasteiger partial charge is 0.402 e. The average molecular weight is 285 g/mol. The van der Waals surface area contributed by atoms with Crippen molar-refractivity contribution in [1.82, 2.24) is 4.59 Å². The summed E-state index contributed by atoms with van der Waals surface area (Å²) in [5.74, 6) is 0. The lowest BCUT2D eigenvalue weighted by molar-refractivity contribution is -0.739. The molecule has 0 unspecified atom stereocenters. The van der Waals surface area contributed by atoms with Crippen LogP contribution >= 0.6 is 0 Å². The fraction of sp³-hybridized carbons (Fsp3) is 0.211. The molecule has 0 radical (unpaired) electrons. The van der Waals surface area contributed by atoms with Crippen molar-refractivity contribution in [3.05, 3.63) is 76.6 Å². The Morgan fingerprint density at radius 2 is 1.59 bits per heavy atom. The van der Waals surface area contributed by atoms with Gasteiger partial charge in [-0.15, -0.1) is 4.68 Å². The zero-order valence-electron chi connectivity index (χ0n) is 13.0. The maximum absolute atomic E-state index is 2.48. The maximum atomic E-state index is 2.48. The minimum absolute atomic E-state index is 0.333. The summed E-state index contributed by atoms with van der Waals surface area (Å²) in [6.45, 7) is 2.59. The number of fused-ring (bicyclic) bond motifs is 4. The minimum atomic E-state index is 0.333. The van der Waals surface area contributed by atoms with Gasteiger partial charge in [0.2, 0.25) is 0 Å². The molecule has 2 aliphatic rings. The van der Waals surface area contributed by atoms with Crippen LogP contribution in [0.1, 0.15) is 27.9 Å². The summed E-state index contributed by atoms with van der Waals surface area (Å²) in [5, 5.41) is 0. The van der Waals surface area contributed by atoms with E-state index in [1.807, 2.05) is 0 Å². The van der Waals surface area contributed by atoms with Gasteiger partial charge in [-0.1, -0.05) is 42.0 Å². The zero-order valence-corrected chi connectivity index (χ0v) is 13.0. The van der Waals surface area contributed by atoms with E-state index in [4.69, 9.17) is 0 Å². The Hall–Kier alpha value is -2.29. The highest BCUT2D eigenvalue weighted by Gasteiger charge is 2.42. The highest BCUT2D eigenvalue weighted by Crippen LogP contribution is 2.23. The SMILES string of the molecule is Cc1cccc2c1B1c3c(cccc3Cc3cc[n+](C)n31)C2. The van der Waals surface area contributed by atoms with E-state index in [1.54, 1.807) is 5.46 Å². The Bertz CT molecular complexity index is 906. The molecule has 0 bridgehead atoms. The molecule has 1 aromatic heterocycles. The predicted octanol–water partition coefficient (Wildman–Crippen LogP) is 1.08. The van der Waals surface area contributed by atoms with E-state index in [1.165, 1.54) is 33.4 Å². The Morgan fingerprint density at radius 3 is 2.41 bits per heavy atom. The molecule has 0 aliphatic carbocycles. The van der Waals surface area contributed by atoms with Crippen molar-refractivity contribution < 1.29 is 4.68 Å². The highest BCUT2D eigenvalue weighted by atomic mass is 15.4. The van der Waals surface area contributed by atoms with E-state index in [2.05, 4.69) is 71.9 Å². The molecule has 0 saturated heterocycles. The molecule has 0 N–H and O–H groups in total. The summed E-state index contributed by atoms with van der Waals surface area (Å²) in [6, 6.07) is 15.9. The molecule has 3 heteroatoms. The molecule has 2 nitrogen and oxygen atoms in total. The van der Waals surface area contributed by atoms with E-state index in [0.29, 0.717) is 6.85 Å². The highest BCUT2D eigenvalue weighted by molar-refractivity contribution is 6.85. The van der Waals surface area contributed by atoms with Gasteiger partial charge >= 0.3 is 6.85 Å².